The molecule has 4 N–H and O–H groups in total. The minimum absolute atomic E-state index is 0.114. The highest BCUT2D eigenvalue weighted by molar-refractivity contribution is 7.92. The molecule has 2 aromatic carbocycles. The Hall–Kier alpha value is -3.48. The van der Waals surface area contributed by atoms with E-state index in [9.17, 15) is 17.2 Å². The SMILES string of the molecule is CC(C)c1nc(-c2ccc(F)c(NS(=O)(=O)c3ccccc3F)c2)c(-c2ccnc(N[C@H]3CC[C@H](N)CC3)n2)s1. The molecule has 2 heterocycles. The summed E-state index contributed by atoms with van der Waals surface area (Å²) in [4.78, 5) is 14.1. The predicted molar refractivity (Wildman–Crippen MR) is 154 cm³/mol. The van der Waals surface area contributed by atoms with Gasteiger partial charge >= 0.3 is 0 Å². The van der Waals surface area contributed by atoms with Crippen LogP contribution in [0.4, 0.5) is 20.4 Å². The molecule has 1 aliphatic rings. The molecular weight excluding hydrogens is 554 g/mol. The van der Waals surface area contributed by atoms with E-state index < -0.39 is 26.6 Å². The molecule has 1 fully saturated rings. The van der Waals surface area contributed by atoms with Crippen LogP contribution in [0.25, 0.3) is 21.8 Å². The van der Waals surface area contributed by atoms with Gasteiger partial charge in [-0.05, 0) is 62.1 Å². The van der Waals surface area contributed by atoms with E-state index in [4.69, 9.17) is 15.7 Å². The van der Waals surface area contributed by atoms with Gasteiger partial charge in [0, 0.05) is 29.8 Å². The van der Waals surface area contributed by atoms with Crippen LogP contribution in [0.5, 0.6) is 0 Å². The molecule has 0 radical (unpaired) electrons. The molecule has 0 unspecified atom stereocenters. The molecule has 0 spiro atoms. The average Bonchev–Trinajstić information content (AvgIpc) is 3.38. The molecule has 0 amide bonds. The van der Waals surface area contributed by atoms with E-state index in [1.54, 1.807) is 12.3 Å². The molecule has 1 aliphatic carbocycles. The lowest BCUT2D eigenvalue weighted by Crippen LogP contribution is -2.33. The van der Waals surface area contributed by atoms with Crippen LogP contribution in [-0.2, 0) is 10.0 Å². The molecule has 40 heavy (non-hydrogen) atoms. The summed E-state index contributed by atoms with van der Waals surface area (Å²) in [6.45, 7) is 4.04. The van der Waals surface area contributed by atoms with Crippen molar-refractivity contribution in [2.24, 2.45) is 5.73 Å². The van der Waals surface area contributed by atoms with Crippen molar-refractivity contribution in [2.75, 3.05) is 10.0 Å². The zero-order chi connectivity index (χ0) is 28.4. The Morgan fingerprint density at radius 3 is 2.48 bits per heavy atom. The molecule has 0 bridgehead atoms. The summed E-state index contributed by atoms with van der Waals surface area (Å²) in [7, 11) is -4.38. The van der Waals surface area contributed by atoms with Crippen LogP contribution >= 0.6 is 11.3 Å². The third-order valence-electron chi connectivity index (χ3n) is 6.74. The Morgan fingerprint density at radius 2 is 1.75 bits per heavy atom. The maximum absolute atomic E-state index is 14.8. The van der Waals surface area contributed by atoms with Crippen molar-refractivity contribution in [3.05, 3.63) is 71.4 Å². The van der Waals surface area contributed by atoms with E-state index in [1.807, 2.05) is 13.8 Å². The van der Waals surface area contributed by atoms with Gasteiger partial charge in [-0.3, -0.25) is 4.72 Å². The van der Waals surface area contributed by atoms with Crippen molar-refractivity contribution < 1.29 is 17.2 Å². The lowest BCUT2D eigenvalue weighted by Gasteiger charge is -2.26. The maximum Gasteiger partial charge on any atom is 0.264 e. The molecule has 0 atom stereocenters. The molecule has 0 saturated heterocycles. The van der Waals surface area contributed by atoms with Gasteiger partial charge in [-0.15, -0.1) is 11.3 Å². The monoisotopic (exact) mass is 584 g/mol. The normalized spacial score (nSPS) is 17.6. The van der Waals surface area contributed by atoms with Crippen LogP contribution in [-0.4, -0.2) is 35.5 Å². The van der Waals surface area contributed by atoms with E-state index in [2.05, 4.69) is 15.0 Å². The fourth-order valence-electron chi connectivity index (χ4n) is 4.57. The Kier molecular flexibility index (Phi) is 8.11. The second kappa shape index (κ2) is 11.6. The van der Waals surface area contributed by atoms with Crippen LogP contribution < -0.4 is 15.8 Å². The van der Waals surface area contributed by atoms with Crippen LogP contribution in [0.2, 0.25) is 0 Å². The number of nitrogens with one attached hydrogen (secondary N) is 2. The number of aromatic nitrogens is 3. The van der Waals surface area contributed by atoms with Crippen molar-refractivity contribution in [3.63, 3.8) is 0 Å². The van der Waals surface area contributed by atoms with Crippen LogP contribution in [0.15, 0.2) is 59.6 Å². The number of anilines is 2. The minimum atomic E-state index is -4.38. The molecular formula is C28H30F2N6O2S2. The molecule has 1 saturated carbocycles. The van der Waals surface area contributed by atoms with E-state index in [1.165, 1.54) is 35.6 Å². The Labute approximate surface area is 236 Å². The van der Waals surface area contributed by atoms with Gasteiger partial charge in [-0.25, -0.2) is 32.2 Å². The largest absolute Gasteiger partial charge is 0.351 e. The summed E-state index contributed by atoms with van der Waals surface area (Å²) in [6.07, 6.45) is 5.46. The summed E-state index contributed by atoms with van der Waals surface area (Å²) < 4.78 is 56.9. The number of thiazole rings is 1. The van der Waals surface area contributed by atoms with Crippen molar-refractivity contribution in [3.8, 4) is 21.8 Å². The number of sulfonamides is 1. The number of halogens is 2. The van der Waals surface area contributed by atoms with Crippen LogP contribution in [0.3, 0.4) is 0 Å². The van der Waals surface area contributed by atoms with Gasteiger partial charge in [0.05, 0.1) is 27.0 Å². The highest BCUT2D eigenvalue weighted by atomic mass is 32.2. The lowest BCUT2D eigenvalue weighted by atomic mass is 9.92. The summed E-state index contributed by atoms with van der Waals surface area (Å²) in [6, 6.07) is 11.2. The molecule has 5 rings (SSSR count). The van der Waals surface area contributed by atoms with Gasteiger partial charge in [0.1, 0.15) is 16.5 Å². The zero-order valence-electron chi connectivity index (χ0n) is 22.1. The maximum atomic E-state index is 14.8. The van der Waals surface area contributed by atoms with Gasteiger partial charge in [0.15, 0.2) is 0 Å². The highest BCUT2D eigenvalue weighted by Crippen LogP contribution is 2.40. The second-order valence-corrected chi connectivity index (χ2v) is 12.8. The molecule has 2 aromatic heterocycles. The van der Waals surface area contributed by atoms with E-state index >= 15 is 0 Å². The summed E-state index contributed by atoms with van der Waals surface area (Å²) in [5.41, 5.74) is 7.39. The smallest absolute Gasteiger partial charge is 0.264 e. The van der Waals surface area contributed by atoms with E-state index in [-0.39, 0.29) is 23.7 Å². The standard InChI is InChI=1S/C28H30F2N6O2S2/c1-16(2)27-35-25(26(39-27)22-13-14-32-28(34-22)33-19-10-8-18(31)9-11-19)17-7-12-20(29)23(15-17)36-40(37,38)24-6-4-3-5-21(24)30/h3-7,12-16,18-19,36H,8-11,31H2,1-2H3,(H,32,33,34)/t18-,19-. The molecule has 210 valence electrons. The lowest BCUT2D eigenvalue weighted by molar-refractivity contribution is 0.410. The number of nitrogens with two attached hydrogens (primary N) is 1. The van der Waals surface area contributed by atoms with Gasteiger partial charge in [-0.2, -0.15) is 0 Å². The van der Waals surface area contributed by atoms with Crippen molar-refractivity contribution in [1.29, 1.82) is 0 Å². The fourth-order valence-corrected chi connectivity index (χ4v) is 6.77. The third kappa shape index (κ3) is 6.13. The topological polar surface area (TPSA) is 123 Å². The number of hydrogen-bond acceptors (Lipinski definition) is 8. The first-order valence-electron chi connectivity index (χ1n) is 13.0. The molecule has 4 aromatic rings. The molecule has 8 nitrogen and oxygen atoms in total. The van der Waals surface area contributed by atoms with E-state index in [0.717, 1.165) is 53.8 Å². The first-order valence-corrected chi connectivity index (χ1v) is 15.3. The summed E-state index contributed by atoms with van der Waals surface area (Å²) in [5, 5.41) is 4.26. The van der Waals surface area contributed by atoms with Crippen LogP contribution in [0, 0.1) is 11.6 Å². The number of rotatable bonds is 8. The van der Waals surface area contributed by atoms with Gasteiger partial charge < -0.3 is 11.1 Å². The zero-order valence-corrected chi connectivity index (χ0v) is 23.7. The van der Waals surface area contributed by atoms with Gasteiger partial charge in [0.2, 0.25) is 5.95 Å². The quantitative estimate of drug-likeness (QED) is 0.227. The molecule has 0 aliphatic heterocycles. The van der Waals surface area contributed by atoms with E-state index in [0.29, 0.717) is 22.9 Å². The number of benzene rings is 2. The third-order valence-corrected chi connectivity index (χ3v) is 9.52. The van der Waals surface area contributed by atoms with Crippen LogP contribution in [0.1, 0.15) is 50.5 Å². The van der Waals surface area contributed by atoms with Gasteiger partial charge in [0.25, 0.3) is 10.0 Å². The molecule has 12 heteroatoms. The Balaban J connectivity index is 1.50. The Bertz CT molecular complexity index is 1620. The highest BCUT2D eigenvalue weighted by Gasteiger charge is 2.24. The number of nitrogens with zero attached hydrogens (tertiary/aromatic N) is 3. The van der Waals surface area contributed by atoms with Gasteiger partial charge in [-0.1, -0.05) is 26.0 Å². The van der Waals surface area contributed by atoms with Crippen molar-refractivity contribution in [2.45, 2.75) is 62.4 Å². The number of hydrogen-bond donors (Lipinski definition) is 3. The first kappa shape index (κ1) is 28.1. The fraction of sp³-hybridized carbons (Fsp3) is 0.321. The summed E-state index contributed by atoms with van der Waals surface area (Å²) >= 11 is 1.46. The summed E-state index contributed by atoms with van der Waals surface area (Å²) in [5.74, 6) is -1.12. The second-order valence-electron chi connectivity index (χ2n) is 10.1. The van der Waals surface area contributed by atoms with Crippen molar-refractivity contribution in [1.82, 2.24) is 15.0 Å². The first-order chi connectivity index (χ1) is 19.1. The van der Waals surface area contributed by atoms with Crippen molar-refractivity contribution >= 4 is 33.0 Å². The predicted octanol–water partition coefficient (Wildman–Crippen LogP) is 6.15. The minimum Gasteiger partial charge on any atom is -0.351 e. The Morgan fingerprint density at radius 1 is 1.00 bits per heavy atom. The average molecular weight is 585 g/mol.